The minimum atomic E-state index is 0.742. The summed E-state index contributed by atoms with van der Waals surface area (Å²) >= 11 is 1.53. The summed E-state index contributed by atoms with van der Waals surface area (Å²) in [5, 5.41) is 12.0. The van der Waals surface area contributed by atoms with Crippen molar-refractivity contribution < 1.29 is 0 Å². The van der Waals surface area contributed by atoms with Crippen LogP contribution in [0.3, 0.4) is 0 Å². The van der Waals surface area contributed by atoms with Crippen molar-refractivity contribution >= 4 is 22.7 Å². The van der Waals surface area contributed by atoms with Crippen molar-refractivity contribution in [1.29, 1.82) is 0 Å². The average molecular weight is 422 g/mol. The molecule has 5 nitrogen and oxygen atoms in total. The Morgan fingerprint density at radius 3 is 2.16 bits per heavy atom. The predicted molar refractivity (Wildman–Crippen MR) is 128 cm³/mol. The van der Waals surface area contributed by atoms with Crippen molar-refractivity contribution in [2.24, 2.45) is 5.10 Å². The zero-order valence-corrected chi connectivity index (χ0v) is 17.4. The van der Waals surface area contributed by atoms with Crippen LogP contribution in [-0.4, -0.2) is 21.0 Å². The first-order chi connectivity index (χ1) is 15.4. The van der Waals surface area contributed by atoms with Crippen LogP contribution in [0.1, 0.15) is 5.56 Å². The number of nitrogens with zero attached hydrogens (tertiary/aromatic N) is 4. The zero-order valence-electron chi connectivity index (χ0n) is 16.6. The third-order valence-corrected chi connectivity index (χ3v) is 5.50. The molecule has 2 aromatic heterocycles. The van der Waals surface area contributed by atoms with E-state index >= 15 is 0 Å². The van der Waals surface area contributed by atoms with E-state index in [0.29, 0.717) is 0 Å². The van der Waals surface area contributed by atoms with Crippen LogP contribution in [0.2, 0.25) is 0 Å². The van der Waals surface area contributed by atoms with E-state index in [1.807, 2.05) is 95.1 Å². The number of thiazole rings is 1. The maximum atomic E-state index is 4.80. The van der Waals surface area contributed by atoms with Gasteiger partial charge in [-0.2, -0.15) is 10.2 Å². The highest BCUT2D eigenvalue weighted by atomic mass is 32.1. The molecule has 0 saturated heterocycles. The lowest BCUT2D eigenvalue weighted by atomic mass is 10.1. The molecule has 0 atom stereocenters. The number of hydrogen-bond donors (Lipinski definition) is 1. The molecule has 0 aliphatic rings. The van der Waals surface area contributed by atoms with Crippen LogP contribution in [0, 0.1) is 0 Å². The Kier molecular flexibility index (Phi) is 5.36. The van der Waals surface area contributed by atoms with Crippen LogP contribution in [0.15, 0.2) is 108 Å². The van der Waals surface area contributed by atoms with Crippen LogP contribution in [-0.2, 0) is 0 Å². The van der Waals surface area contributed by atoms with Crippen molar-refractivity contribution in [2.75, 3.05) is 5.43 Å². The lowest BCUT2D eigenvalue weighted by molar-refractivity contribution is 0.884. The molecule has 2 heterocycles. The number of nitrogens with one attached hydrogen (secondary N) is 1. The third kappa shape index (κ3) is 4.29. The molecule has 0 amide bonds. The molecular weight excluding hydrogens is 402 g/mol. The first-order valence-corrected chi connectivity index (χ1v) is 10.8. The van der Waals surface area contributed by atoms with Gasteiger partial charge in [0.2, 0.25) is 5.13 Å². The largest absolute Gasteiger partial charge is 0.253 e. The molecule has 0 radical (unpaired) electrons. The number of aromatic nitrogens is 3. The summed E-state index contributed by atoms with van der Waals surface area (Å²) in [7, 11) is 0. The highest BCUT2D eigenvalue weighted by Gasteiger charge is 2.11. The van der Waals surface area contributed by atoms with Gasteiger partial charge in [0.15, 0.2) is 0 Å². The Balaban J connectivity index is 1.41. The van der Waals surface area contributed by atoms with Crippen LogP contribution in [0.4, 0.5) is 5.13 Å². The van der Waals surface area contributed by atoms with Crippen LogP contribution >= 0.6 is 11.3 Å². The number of anilines is 1. The van der Waals surface area contributed by atoms with E-state index in [9.17, 15) is 0 Å². The Morgan fingerprint density at radius 2 is 1.45 bits per heavy atom. The fraction of sp³-hybridized carbons (Fsp3) is 0. The van der Waals surface area contributed by atoms with Gasteiger partial charge in [-0.3, -0.25) is 5.43 Å². The topological polar surface area (TPSA) is 55.1 Å². The first-order valence-electron chi connectivity index (χ1n) is 9.87. The van der Waals surface area contributed by atoms with Crippen molar-refractivity contribution in [2.45, 2.75) is 0 Å². The fourth-order valence-corrected chi connectivity index (χ4v) is 3.91. The van der Waals surface area contributed by atoms with Gasteiger partial charge in [-0.15, -0.1) is 11.3 Å². The van der Waals surface area contributed by atoms with Gasteiger partial charge < -0.3 is 0 Å². The standard InChI is InChI=1S/C25H19N5S/c1-4-10-19(11-5-1)23-18-31-25(27-23)28-26-16-21-17-30(22-14-8-3-9-15-22)29-24(21)20-12-6-2-7-13-20/h1-18H,(H,27,28)/b26-16+. The van der Waals surface area contributed by atoms with Gasteiger partial charge >= 0.3 is 0 Å². The van der Waals surface area contributed by atoms with E-state index in [1.54, 1.807) is 6.21 Å². The normalized spacial score (nSPS) is 11.1. The second-order valence-corrected chi connectivity index (χ2v) is 7.71. The van der Waals surface area contributed by atoms with E-state index in [2.05, 4.69) is 27.6 Å². The molecule has 0 aliphatic carbocycles. The number of benzene rings is 3. The zero-order chi connectivity index (χ0) is 20.9. The van der Waals surface area contributed by atoms with Crippen molar-refractivity contribution in [1.82, 2.24) is 14.8 Å². The van der Waals surface area contributed by atoms with Gasteiger partial charge in [0, 0.05) is 28.3 Å². The van der Waals surface area contributed by atoms with Gasteiger partial charge in [0.25, 0.3) is 0 Å². The predicted octanol–water partition coefficient (Wildman–Crippen LogP) is 6.11. The maximum Gasteiger partial charge on any atom is 0.203 e. The molecule has 0 spiro atoms. The average Bonchev–Trinajstić information content (AvgIpc) is 3.49. The summed E-state index contributed by atoms with van der Waals surface area (Å²) in [4.78, 5) is 4.62. The molecule has 31 heavy (non-hydrogen) atoms. The van der Waals surface area contributed by atoms with Crippen molar-refractivity contribution in [3.05, 3.63) is 108 Å². The summed E-state index contributed by atoms with van der Waals surface area (Å²) < 4.78 is 1.88. The highest BCUT2D eigenvalue weighted by Crippen LogP contribution is 2.25. The molecule has 5 aromatic rings. The second kappa shape index (κ2) is 8.77. The molecule has 0 unspecified atom stereocenters. The molecule has 6 heteroatoms. The van der Waals surface area contributed by atoms with Crippen LogP contribution < -0.4 is 5.43 Å². The number of rotatable bonds is 6. The highest BCUT2D eigenvalue weighted by molar-refractivity contribution is 7.14. The van der Waals surface area contributed by atoms with E-state index < -0.39 is 0 Å². The molecule has 0 saturated carbocycles. The molecule has 150 valence electrons. The number of para-hydroxylation sites is 1. The van der Waals surface area contributed by atoms with Gasteiger partial charge in [-0.25, -0.2) is 9.67 Å². The minimum Gasteiger partial charge on any atom is -0.253 e. The monoisotopic (exact) mass is 421 g/mol. The summed E-state index contributed by atoms with van der Waals surface area (Å²) in [5.74, 6) is 0. The SMILES string of the molecule is C(=N\Nc1nc(-c2ccccc2)cs1)/c1cn(-c2ccccc2)nc1-c1ccccc1. The van der Waals surface area contributed by atoms with Gasteiger partial charge in [-0.1, -0.05) is 78.9 Å². The summed E-state index contributed by atoms with van der Waals surface area (Å²) in [6, 6.07) is 30.3. The Labute approximate surface area is 184 Å². The lowest BCUT2D eigenvalue weighted by Gasteiger charge is -2.00. The quantitative estimate of drug-likeness (QED) is 0.266. The van der Waals surface area contributed by atoms with E-state index in [4.69, 9.17) is 5.10 Å². The Bertz CT molecular complexity index is 1290. The van der Waals surface area contributed by atoms with Crippen LogP contribution in [0.5, 0.6) is 0 Å². The van der Waals surface area contributed by atoms with Crippen LogP contribution in [0.25, 0.3) is 28.2 Å². The van der Waals surface area contributed by atoms with Gasteiger partial charge in [0.05, 0.1) is 17.6 Å². The number of hydrogen-bond acceptors (Lipinski definition) is 5. The van der Waals surface area contributed by atoms with Gasteiger partial charge in [0.1, 0.15) is 5.69 Å². The molecule has 0 bridgehead atoms. The molecule has 3 aromatic carbocycles. The minimum absolute atomic E-state index is 0.742. The summed E-state index contributed by atoms with van der Waals surface area (Å²) in [6.07, 6.45) is 3.78. The Morgan fingerprint density at radius 1 is 0.806 bits per heavy atom. The summed E-state index contributed by atoms with van der Waals surface area (Å²) in [5.41, 5.74) is 8.91. The molecule has 0 fully saturated rings. The lowest BCUT2D eigenvalue weighted by Crippen LogP contribution is -1.93. The van der Waals surface area contributed by atoms with E-state index in [1.165, 1.54) is 11.3 Å². The second-order valence-electron chi connectivity index (χ2n) is 6.85. The molecule has 5 rings (SSSR count). The van der Waals surface area contributed by atoms with Gasteiger partial charge in [-0.05, 0) is 12.1 Å². The van der Waals surface area contributed by atoms with E-state index in [-0.39, 0.29) is 0 Å². The fourth-order valence-electron chi connectivity index (χ4n) is 3.24. The van der Waals surface area contributed by atoms with Crippen molar-refractivity contribution in [3.8, 4) is 28.2 Å². The first kappa shape index (κ1) is 19.0. The molecular formula is C25H19N5S. The Hall–Kier alpha value is -4.03. The van der Waals surface area contributed by atoms with E-state index in [0.717, 1.165) is 38.9 Å². The molecule has 0 aliphatic heterocycles. The molecule has 1 N–H and O–H groups in total. The number of hydrazone groups is 1. The van der Waals surface area contributed by atoms with Crippen molar-refractivity contribution in [3.63, 3.8) is 0 Å². The smallest absolute Gasteiger partial charge is 0.203 e. The third-order valence-electron chi connectivity index (χ3n) is 4.75. The maximum absolute atomic E-state index is 4.80. The summed E-state index contributed by atoms with van der Waals surface area (Å²) in [6.45, 7) is 0.